The Balaban J connectivity index is 1.72. The van der Waals surface area contributed by atoms with Crippen LogP contribution in [0.1, 0.15) is 17.8 Å². The number of hydrogen-bond acceptors (Lipinski definition) is 3. The average Bonchev–Trinajstić information content (AvgIpc) is 2.85. The summed E-state index contributed by atoms with van der Waals surface area (Å²) >= 11 is 12.2. The van der Waals surface area contributed by atoms with E-state index in [4.69, 9.17) is 23.2 Å². The molecule has 2 N–H and O–H groups in total. The van der Waals surface area contributed by atoms with E-state index in [9.17, 15) is 0 Å². The molecule has 0 bridgehead atoms. The van der Waals surface area contributed by atoms with Crippen molar-refractivity contribution in [3.8, 4) is 0 Å². The maximum absolute atomic E-state index is 6.08. The molecule has 6 heteroatoms. The third kappa shape index (κ3) is 3.70. The molecule has 0 atom stereocenters. The Labute approximate surface area is 116 Å². The highest BCUT2D eigenvalue weighted by molar-refractivity contribution is 6.35. The minimum absolute atomic E-state index is 0.676. The number of aryl methyl sites for hydroxylation is 1. The van der Waals surface area contributed by atoms with Crippen molar-refractivity contribution in [1.82, 2.24) is 20.5 Å². The first-order chi connectivity index (χ1) is 8.77. The SMILES string of the molecule is Clc1cccc(Cl)c1CNCCCc1ncn[nH]1. The summed E-state index contributed by atoms with van der Waals surface area (Å²) in [5.41, 5.74) is 0.945. The zero-order chi connectivity index (χ0) is 12.8. The van der Waals surface area contributed by atoms with Crippen molar-refractivity contribution < 1.29 is 0 Å². The summed E-state index contributed by atoms with van der Waals surface area (Å²) in [5, 5.41) is 11.3. The minimum Gasteiger partial charge on any atom is -0.313 e. The monoisotopic (exact) mass is 284 g/mol. The molecule has 0 spiro atoms. The van der Waals surface area contributed by atoms with Gasteiger partial charge in [0.25, 0.3) is 0 Å². The van der Waals surface area contributed by atoms with Crippen LogP contribution in [-0.4, -0.2) is 21.7 Å². The van der Waals surface area contributed by atoms with Gasteiger partial charge in [-0.2, -0.15) is 5.10 Å². The molecule has 0 amide bonds. The minimum atomic E-state index is 0.676. The predicted molar refractivity (Wildman–Crippen MR) is 72.9 cm³/mol. The molecule has 0 fully saturated rings. The average molecular weight is 285 g/mol. The number of halogens is 2. The molecule has 0 radical (unpaired) electrons. The van der Waals surface area contributed by atoms with Crippen LogP contribution in [0, 0.1) is 0 Å². The number of H-pyrrole nitrogens is 1. The van der Waals surface area contributed by atoms with Crippen molar-refractivity contribution in [1.29, 1.82) is 0 Å². The van der Waals surface area contributed by atoms with E-state index in [0.29, 0.717) is 16.6 Å². The molecule has 2 aromatic rings. The van der Waals surface area contributed by atoms with E-state index in [-0.39, 0.29) is 0 Å². The lowest BCUT2D eigenvalue weighted by atomic mass is 10.2. The van der Waals surface area contributed by atoms with Gasteiger partial charge in [0.1, 0.15) is 12.2 Å². The predicted octanol–water partition coefficient (Wildman–Crippen LogP) is 2.83. The van der Waals surface area contributed by atoms with E-state index >= 15 is 0 Å². The maximum atomic E-state index is 6.08. The van der Waals surface area contributed by atoms with Crippen molar-refractivity contribution in [2.24, 2.45) is 0 Å². The lowest BCUT2D eigenvalue weighted by Crippen LogP contribution is -2.16. The van der Waals surface area contributed by atoms with E-state index in [2.05, 4.69) is 20.5 Å². The quantitative estimate of drug-likeness (QED) is 0.802. The van der Waals surface area contributed by atoms with E-state index in [1.165, 1.54) is 6.33 Å². The summed E-state index contributed by atoms with van der Waals surface area (Å²) in [5.74, 6) is 0.910. The highest BCUT2D eigenvalue weighted by Crippen LogP contribution is 2.23. The smallest absolute Gasteiger partial charge is 0.137 e. The number of nitrogens with one attached hydrogen (secondary N) is 2. The van der Waals surface area contributed by atoms with Crippen molar-refractivity contribution in [3.05, 3.63) is 46.0 Å². The summed E-state index contributed by atoms with van der Waals surface area (Å²) < 4.78 is 0. The summed E-state index contributed by atoms with van der Waals surface area (Å²) in [6.45, 7) is 1.55. The van der Waals surface area contributed by atoms with E-state index in [0.717, 1.165) is 30.8 Å². The molecule has 0 unspecified atom stereocenters. The molecule has 96 valence electrons. The summed E-state index contributed by atoms with van der Waals surface area (Å²) in [7, 11) is 0. The van der Waals surface area contributed by atoms with Gasteiger partial charge in [-0.1, -0.05) is 29.3 Å². The van der Waals surface area contributed by atoms with Crippen molar-refractivity contribution in [3.63, 3.8) is 0 Å². The molecule has 0 aliphatic rings. The van der Waals surface area contributed by atoms with E-state index in [1.807, 2.05) is 18.2 Å². The van der Waals surface area contributed by atoms with Gasteiger partial charge in [0.05, 0.1) is 0 Å². The zero-order valence-corrected chi connectivity index (χ0v) is 11.3. The normalized spacial score (nSPS) is 10.8. The highest BCUT2D eigenvalue weighted by atomic mass is 35.5. The van der Waals surface area contributed by atoms with E-state index in [1.54, 1.807) is 0 Å². The number of nitrogens with zero attached hydrogens (tertiary/aromatic N) is 2. The summed E-state index contributed by atoms with van der Waals surface area (Å²) in [6.07, 6.45) is 3.38. The number of aromatic amines is 1. The van der Waals surface area contributed by atoms with Crippen molar-refractivity contribution in [2.75, 3.05) is 6.54 Å². The number of benzene rings is 1. The van der Waals surface area contributed by atoms with Crippen LogP contribution in [0.2, 0.25) is 10.0 Å². The molecule has 1 heterocycles. The van der Waals surface area contributed by atoms with Gasteiger partial charge in [-0.05, 0) is 25.1 Å². The van der Waals surface area contributed by atoms with Crippen LogP contribution in [0.3, 0.4) is 0 Å². The molecule has 4 nitrogen and oxygen atoms in total. The van der Waals surface area contributed by atoms with Gasteiger partial charge in [0.2, 0.25) is 0 Å². The highest BCUT2D eigenvalue weighted by Gasteiger charge is 2.04. The Hall–Kier alpha value is -1.10. The van der Waals surface area contributed by atoms with Crippen LogP contribution in [0.25, 0.3) is 0 Å². The van der Waals surface area contributed by atoms with Crippen LogP contribution in [0.15, 0.2) is 24.5 Å². The third-order valence-electron chi connectivity index (χ3n) is 2.60. The topological polar surface area (TPSA) is 53.6 Å². The molecule has 18 heavy (non-hydrogen) atoms. The number of hydrogen-bond donors (Lipinski definition) is 2. The Morgan fingerprint density at radius 2 is 2.00 bits per heavy atom. The largest absolute Gasteiger partial charge is 0.313 e. The van der Waals surface area contributed by atoms with Crippen LogP contribution in [0.4, 0.5) is 0 Å². The molecule has 2 rings (SSSR count). The van der Waals surface area contributed by atoms with Crippen LogP contribution in [-0.2, 0) is 13.0 Å². The first-order valence-electron chi connectivity index (χ1n) is 5.75. The Morgan fingerprint density at radius 1 is 1.22 bits per heavy atom. The van der Waals surface area contributed by atoms with Crippen LogP contribution in [0.5, 0.6) is 0 Å². The molecular formula is C12H14Cl2N4. The van der Waals surface area contributed by atoms with Crippen molar-refractivity contribution in [2.45, 2.75) is 19.4 Å². The van der Waals surface area contributed by atoms with Gasteiger partial charge in [0.15, 0.2) is 0 Å². The van der Waals surface area contributed by atoms with Crippen molar-refractivity contribution >= 4 is 23.2 Å². The summed E-state index contributed by atoms with van der Waals surface area (Å²) in [4.78, 5) is 4.06. The first kappa shape index (κ1) is 13.3. The first-order valence-corrected chi connectivity index (χ1v) is 6.51. The lowest BCUT2D eigenvalue weighted by Gasteiger charge is -2.08. The number of rotatable bonds is 6. The van der Waals surface area contributed by atoms with Crippen LogP contribution >= 0.6 is 23.2 Å². The van der Waals surface area contributed by atoms with Gasteiger partial charge in [-0.3, -0.25) is 5.10 Å². The molecule has 0 aliphatic heterocycles. The molecule has 0 saturated carbocycles. The van der Waals surface area contributed by atoms with Gasteiger partial charge >= 0.3 is 0 Å². The second-order valence-corrected chi connectivity index (χ2v) is 4.73. The lowest BCUT2D eigenvalue weighted by molar-refractivity contribution is 0.640. The van der Waals surface area contributed by atoms with Gasteiger partial charge in [-0.15, -0.1) is 0 Å². The van der Waals surface area contributed by atoms with Gasteiger partial charge in [0, 0.05) is 28.6 Å². The van der Waals surface area contributed by atoms with Crippen LogP contribution < -0.4 is 5.32 Å². The standard InChI is InChI=1S/C12H14Cl2N4/c13-10-3-1-4-11(14)9(10)7-15-6-2-5-12-16-8-17-18-12/h1,3-4,8,15H,2,5-7H2,(H,16,17,18). The molecule has 1 aromatic heterocycles. The fourth-order valence-corrected chi connectivity index (χ4v) is 2.18. The Morgan fingerprint density at radius 3 is 2.67 bits per heavy atom. The van der Waals surface area contributed by atoms with E-state index < -0.39 is 0 Å². The van der Waals surface area contributed by atoms with Gasteiger partial charge < -0.3 is 5.32 Å². The Kier molecular flexibility index (Phi) is 4.99. The summed E-state index contributed by atoms with van der Waals surface area (Å²) in [6, 6.07) is 5.54. The molecule has 0 saturated heterocycles. The third-order valence-corrected chi connectivity index (χ3v) is 3.30. The molecule has 1 aromatic carbocycles. The fraction of sp³-hybridized carbons (Fsp3) is 0.333. The fourth-order valence-electron chi connectivity index (χ4n) is 1.65. The molecule has 0 aliphatic carbocycles. The van der Waals surface area contributed by atoms with Gasteiger partial charge in [-0.25, -0.2) is 4.98 Å². The Bertz CT molecular complexity index is 465. The second kappa shape index (κ2) is 6.73. The zero-order valence-electron chi connectivity index (χ0n) is 9.79. The number of aromatic nitrogens is 3. The maximum Gasteiger partial charge on any atom is 0.137 e. The molecular weight excluding hydrogens is 271 g/mol. The second-order valence-electron chi connectivity index (χ2n) is 3.91.